The average Bonchev–Trinajstić information content (AvgIpc) is 2.81. The monoisotopic (exact) mass is 244 g/mol. The van der Waals surface area contributed by atoms with Crippen LogP contribution in [0, 0.1) is 6.92 Å². The second-order valence-electron chi connectivity index (χ2n) is 4.39. The Morgan fingerprint density at radius 1 is 1.33 bits per heavy atom. The zero-order chi connectivity index (χ0) is 13.3. The Morgan fingerprint density at radius 2 is 2.06 bits per heavy atom. The van der Waals surface area contributed by atoms with Gasteiger partial charge >= 0.3 is 0 Å². The van der Waals surface area contributed by atoms with E-state index in [2.05, 4.69) is 5.10 Å². The molecule has 0 unspecified atom stereocenters. The van der Waals surface area contributed by atoms with Crippen molar-refractivity contribution in [3.8, 4) is 5.69 Å². The highest BCUT2D eigenvalue weighted by atomic mass is 16.2. The van der Waals surface area contributed by atoms with Crippen molar-refractivity contribution in [2.75, 3.05) is 19.8 Å². The number of amides is 1. The van der Waals surface area contributed by atoms with Gasteiger partial charge in [0.1, 0.15) is 0 Å². The summed E-state index contributed by atoms with van der Waals surface area (Å²) in [6, 6.07) is 7.35. The van der Waals surface area contributed by atoms with Crippen LogP contribution in [0.2, 0.25) is 0 Å². The maximum Gasteiger partial charge on any atom is 0.273 e. The minimum atomic E-state index is -0.110. The third-order valence-electron chi connectivity index (χ3n) is 2.73. The summed E-state index contributed by atoms with van der Waals surface area (Å²) in [6.07, 6.45) is 1.77. The van der Waals surface area contributed by atoms with Gasteiger partial charge < -0.3 is 10.6 Å². The average molecular weight is 244 g/mol. The molecule has 1 aromatic carbocycles. The van der Waals surface area contributed by atoms with Crippen molar-refractivity contribution in [3.63, 3.8) is 0 Å². The molecule has 0 saturated carbocycles. The van der Waals surface area contributed by atoms with Gasteiger partial charge in [-0.05, 0) is 36.8 Å². The first-order chi connectivity index (χ1) is 8.49. The topological polar surface area (TPSA) is 64.2 Å². The third kappa shape index (κ3) is 2.20. The number of carbonyl (C=O) groups excluding carboxylic acids is 1. The minimum Gasteiger partial charge on any atom is -0.399 e. The SMILES string of the molecule is Cc1cc(-n2ccc(C(=O)N(C)C)n2)ccc1N. The summed E-state index contributed by atoms with van der Waals surface area (Å²) < 4.78 is 1.67. The van der Waals surface area contributed by atoms with E-state index >= 15 is 0 Å². The molecule has 2 aromatic rings. The second-order valence-corrected chi connectivity index (χ2v) is 4.39. The fourth-order valence-electron chi connectivity index (χ4n) is 1.61. The Hall–Kier alpha value is -2.30. The summed E-state index contributed by atoms with van der Waals surface area (Å²) in [5.41, 5.74) is 8.82. The van der Waals surface area contributed by atoms with Gasteiger partial charge in [-0.3, -0.25) is 4.79 Å². The molecule has 0 aliphatic rings. The van der Waals surface area contributed by atoms with Crippen LogP contribution < -0.4 is 5.73 Å². The number of nitrogens with two attached hydrogens (primary N) is 1. The van der Waals surface area contributed by atoms with E-state index in [0.717, 1.165) is 16.9 Å². The van der Waals surface area contributed by atoms with Crippen molar-refractivity contribution < 1.29 is 4.79 Å². The maximum atomic E-state index is 11.7. The van der Waals surface area contributed by atoms with Gasteiger partial charge in [-0.25, -0.2) is 4.68 Å². The predicted octanol–water partition coefficient (Wildman–Crippen LogP) is 1.46. The summed E-state index contributed by atoms with van der Waals surface area (Å²) in [6.45, 7) is 1.94. The van der Waals surface area contributed by atoms with Crippen LogP contribution in [0.4, 0.5) is 5.69 Å². The number of hydrogen-bond acceptors (Lipinski definition) is 3. The highest BCUT2D eigenvalue weighted by Crippen LogP contribution is 2.16. The molecule has 0 radical (unpaired) electrons. The fraction of sp³-hybridized carbons (Fsp3) is 0.231. The van der Waals surface area contributed by atoms with Crippen molar-refractivity contribution in [1.29, 1.82) is 0 Å². The molecule has 5 heteroatoms. The first kappa shape index (κ1) is 12.2. The highest BCUT2D eigenvalue weighted by Gasteiger charge is 2.11. The largest absolute Gasteiger partial charge is 0.399 e. The molecule has 0 aliphatic carbocycles. The molecule has 0 atom stereocenters. The zero-order valence-electron chi connectivity index (χ0n) is 10.7. The van der Waals surface area contributed by atoms with Crippen LogP contribution in [0.15, 0.2) is 30.5 Å². The van der Waals surface area contributed by atoms with Crippen LogP contribution in [0.25, 0.3) is 5.69 Å². The fourth-order valence-corrected chi connectivity index (χ4v) is 1.61. The molecule has 0 bridgehead atoms. The number of aromatic nitrogens is 2. The van der Waals surface area contributed by atoms with Crippen molar-refractivity contribution >= 4 is 11.6 Å². The van der Waals surface area contributed by atoms with Gasteiger partial charge in [0.15, 0.2) is 5.69 Å². The van der Waals surface area contributed by atoms with Crippen LogP contribution in [0.3, 0.4) is 0 Å². The Labute approximate surface area is 106 Å². The van der Waals surface area contributed by atoms with E-state index in [1.165, 1.54) is 4.90 Å². The predicted molar refractivity (Wildman–Crippen MR) is 70.7 cm³/mol. The van der Waals surface area contributed by atoms with Gasteiger partial charge in [-0.2, -0.15) is 5.10 Å². The van der Waals surface area contributed by atoms with Gasteiger partial charge in [0.25, 0.3) is 5.91 Å². The van der Waals surface area contributed by atoms with Gasteiger partial charge in [-0.1, -0.05) is 0 Å². The lowest BCUT2D eigenvalue weighted by atomic mass is 10.2. The van der Waals surface area contributed by atoms with E-state index in [1.54, 1.807) is 31.0 Å². The smallest absolute Gasteiger partial charge is 0.273 e. The van der Waals surface area contributed by atoms with E-state index in [4.69, 9.17) is 5.73 Å². The summed E-state index contributed by atoms with van der Waals surface area (Å²) in [4.78, 5) is 13.2. The quantitative estimate of drug-likeness (QED) is 0.813. The third-order valence-corrected chi connectivity index (χ3v) is 2.73. The van der Waals surface area contributed by atoms with E-state index in [0.29, 0.717) is 5.69 Å². The van der Waals surface area contributed by atoms with Crippen molar-refractivity contribution in [3.05, 3.63) is 41.7 Å². The molecule has 18 heavy (non-hydrogen) atoms. The van der Waals surface area contributed by atoms with Crippen LogP contribution in [0.5, 0.6) is 0 Å². The van der Waals surface area contributed by atoms with Gasteiger partial charge in [0, 0.05) is 26.0 Å². The second kappa shape index (κ2) is 4.52. The van der Waals surface area contributed by atoms with Crippen molar-refractivity contribution in [2.24, 2.45) is 0 Å². The Kier molecular flexibility index (Phi) is 3.06. The molecule has 0 spiro atoms. The normalized spacial score (nSPS) is 10.4. The highest BCUT2D eigenvalue weighted by molar-refractivity contribution is 5.91. The molecular formula is C13H16N4O. The molecule has 1 aromatic heterocycles. The summed E-state index contributed by atoms with van der Waals surface area (Å²) in [5, 5.41) is 4.26. The minimum absolute atomic E-state index is 0.110. The summed E-state index contributed by atoms with van der Waals surface area (Å²) >= 11 is 0. The number of benzene rings is 1. The molecular weight excluding hydrogens is 228 g/mol. The molecule has 94 valence electrons. The van der Waals surface area contributed by atoms with Crippen LogP contribution in [-0.4, -0.2) is 34.7 Å². The molecule has 0 fully saturated rings. The van der Waals surface area contributed by atoms with Crippen LogP contribution >= 0.6 is 0 Å². The molecule has 0 saturated heterocycles. The van der Waals surface area contributed by atoms with Gasteiger partial charge in [0.2, 0.25) is 0 Å². The number of hydrogen-bond donors (Lipinski definition) is 1. The number of rotatable bonds is 2. The Morgan fingerprint density at radius 3 is 2.67 bits per heavy atom. The number of nitrogens with zero attached hydrogens (tertiary/aromatic N) is 3. The standard InChI is InChI=1S/C13H16N4O/c1-9-8-10(4-5-11(9)14)17-7-6-12(15-17)13(18)16(2)3/h4-8H,14H2,1-3H3. The first-order valence-corrected chi connectivity index (χ1v) is 5.63. The van der Waals surface area contributed by atoms with E-state index < -0.39 is 0 Å². The van der Waals surface area contributed by atoms with E-state index in [9.17, 15) is 4.79 Å². The zero-order valence-corrected chi connectivity index (χ0v) is 10.7. The van der Waals surface area contributed by atoms with E-state index in [1.807, 2.05) is 25.1 Å². The van der Waals surface area contributed by atoms with E-state index in [-0.39, 0.29) is 5.91 Å². The number of carbonyl (C=O) groups is 1. The lowest BCUT2D eigenvalue weighted by Gasteiger charge is -2.07. The van der Waals surface area contributed by atoms with Crippen molar-refractivity contribution in [2.45, 2.75) is 6.92 Å². The molecule has 1 heterocycles. The van der Waals surface area contributed by atoms with Crippen molar-refractivity contribution in [1.82, 2.24) is 14.7 Å². The van der Waals surface area contributed by atoms with Crippen LogP contribution in [-0.2, 0) is 0 Å². The number of aryl methyl sites for hydroxylation is 1. The maximum absolute atomic E-state index is 11.7. The van der Waals surface area contributed by atoms with Gasteiger partial charge in [-0.15, -0.1) is 0 Å². The number of nitrogen functional groups attached to an aromatic ring is 1. The van der Waals surface area contributed by atoms with Gasteiger partial charge in [0.05, 0.1) is 5.69 Å². The number of anilines is 1. The Balaban J connectivity index is 2.35. The Bertz CT molecular complexity index is 586. The summed E-state index contributed by atoms with van der Waals surface area (Å²) in [5.74, 6) is -0.110. The molecule has 0 aliphatic heterocycles. The molecule has 2 rings (SSSR count). The lowest BCUT2D eigenvalue weighted by molar-refractivity contribution is 0.0821. The summed E-state index contributed by atoms with van der Waals surface area (Å²) in [7, 11) is 3.41. The molecule has 2 N–H and O–H groups in total. The first-order valence-electron chi connectivity index (χ1n) is 5.63. The molecule has 5 nitrogen and oxygen atoms in total. The van der Waals surface area contributed by atoms with Crippen LogP contribution in [0.1, 0.15) is 16.1 Å². The molecule has 1 amide bonds. The lowest BCUT2D eigenvalue weighted by Crippen LogP contribution is -2.22.